The van der Waals surface area contributed by atoms with E-state index in [4.69, 9.17) is 15.0 Å². The predicted octanol–water partition coefficient (Wildman–Crippen LogP) is 7.61. The van der Waals surface area contributed by atoms with Crippen molar-refractivity contribution in [3.8, 4) is 45.3 Å². The number of nitrogens with zero attached hydrogens (tertiary/aromatic N) is 3. The Kier molecular flexibility index (Phi) is 5.61. The summed E-state index contributed by atoms with van der Waals surface area (Å²) in [6.45, 7) is 2.10. The molecular weight excluding hydrogens is 458 g/mol. The van der Waals surface area contributed by atoms with Crippen LogP contribution in [-0.4, -0.2) is 15.0 Å². The van der Waals surface area contributed by atoms with Gasteiger partial charge in [0.2, 0.25) is 0 Å². The average molecular weight is 478 g/mol. The molecule has 0 aliphatic carbocycles. The third kappa shape index (κ3) is 4.23. The maximum atomic E-state index is 4.80. The Morgan fingerprint density at radius 3 is 1.34 bits per heavy atom. The van der Waals surface area contributed by atoms with E-state index in [1.807, 2.05) is 60.7 Å². The van der Waals surface area contributed by atoms with Crippen molar-refractivity contribution in [3.05, 3.63) is 113 Å². The lowest BCUT2D eigenvalue weighted by Gasteiger charge is -2.09. The van der Waals surface area contributed by atoms with Crippen molar-refractivity contribution in [3.63, 3.8) is 0 Å². The summed E-state index contributed by atoms with van der Waals surface area (Å²) in [7, 11) is 0. The molecule has 0 radical (unpaired) electrons. The van der Waals surface area contributed by atoms with E-state index >= 15 is 0 Å². The average Bonchev–Trinajstić information content (AvgIpc) is 2.86. The van der Waals surface area contributed by atoms with Crippen molar-refractivity contribution in [2.45, 2.75) is 6.92 Å². The predicted molar refractivity (Wildman–Crippen MR) is 134 cm³/mol. The van der Waals surface area contributed by atoms with Crippen LogP contribution in [0.2, 0.25) is 0 Å². The van der Waals surface area contributed by atoms with E-state index in [9.17, 15) is 0 Å². The molecule has 1 heterocycles. The second-order valence-electron chi connectivity index (χ2n) is 7.58. The first-order valence-electron chi connectivity index (χ1n) is 10.4. The lowest BCUT2D eigenvalue weighted by Crippen LogP contribution is -2.00. The van der Waals surface area contributed by atoms with Crippen molar-refractivity contribution >= 4 is 15.9 Å². The molecule has 0 bridgehead atoms. The van der Waals surface area contributed by atoms with Crippen LogP contribution >= 0.6 is 15.9 Å². The zero-order chi connectivity index (χ0) is 21.9. The Morgan fingerprint density at radius 1 is 0.469 bits per heavy atom. The summed E-state index contributed by atoms with van der Waals surface area (Å²) in [5, 5.41) is 0. The zero-order valence-corrected chi connectivity index (χ0v) is 19.1. The number of rotatable bonds is 4. The van der Waals surface area contributed by atoms with Crippen LogP contribution in [0.3, 0.4) is 0 Å². The quantitative estimate of drug-likeness (QED) is 0.267. The van der Waals surface area contributed by atoms with E-state index in [2.05, 4.69) is 65.3 Å². The molecule has 0 unspecified atom stereocenters. The van der Waals surface area contributed by atoms with E-state index in [0.29, 0.717) is 17.5 Å². The number of benzene rings is 4. The van der Waals surface area contributed by atoms with Crippen LogP contribution in [0.4, 0.5) is 0 Å². The lowest BCUT2D eigenvalue weighted by molar-refractivity contribution is 1.07. The van der Waals surface area contributed by atoms with E-state index < -0.39 is 0 Å². The van der Waals surface area contributed by atoms with Crippen molar-refractivity contribution in [2.24, 2.45) is 0 Å². The molecule has 0 fully saturated rings. The highest BCUT2D eigenvalue weighted by molar-refractivity contribution is 9.10. The summed E-state index contributed by atoms with van der Waals surface area (Å²) in [6.07, 6.45) is 0. The highest BCUT2D eigenvalue weighted by Crippen LogP contribution is 2.28. The molecule has 0 atom stereocenters. The third-order valence-corrected chi connectivity index (χ3v) is 6.22. The first-order valence-corrected chi connectivity index (χ1v) is 11.2. The number of hydrogen-bond donors (Lipinski definition) is 0. The van der Waals surface area contributed by atoms with Crippen molar-refractivity contribution in [2.75, 3.05) is 0 Å². The van der Waals surface area contributed by atoms with Crippen LogP contribution in [0.25, 0.3) is 45.3 Å². The smallest absolute Gasteiger partial charge is 0.164 e. The third-order valence-electron chi connectivity index (χ3n) is 5.33. The Bertz CT molecular complexity index is 1310. The zero-order valence-electron chi connectivity index (χ0n) is 17.5. The van der Waals surface area contributed by atoms with Gasteiger partial charge in [0, 0.05) is 21.2 Å². The molecule has 0 aliphatic heterocycles. The van der Waals surface area contributed by atoms with Crippen LogP contribution in [0.15, 0.2) is 108 Å². The molecule has 32 heavy (non-hydrogen) atoms. The molecule has 5 rings (SSSR count). The molecule has 0 spiro atoms. The maximum Gasteiger partial charge on any atom is 0.164 e. The fourth-order valence-corrected chi connectivity index (χ4v) is 3.82. The van der Waals surface area contributed by atoms with Crippen LogP contribution in [0.1, 0.15) is 5.56 Å². The number of aromatic nitrogens is 3. The van der Waals surface area contributed by atoms with Gasteiger partial charge < -0.3 is 0 Å². The Morgan fingerprint density at radius 2 is 0.875 bits per heavy atom. The maximum absolute atomic E-state index is 4.80. The standard InChI is InChI=1S/C28H20BrN3/c1-19-18-24(16-17-25(19)29)20-12-14-23(15-13-20)28-31-26(21-8-4-2-5-9-21)30-27(32-28)22-10-6-3-7-11-22/h2-18H,1H3. The minimum atomic E-state index is 0.663. The van der Waals surface area contributed by atoms with Crippen molar-refractivity contribution in [1.82, 2.24) is 15.0 Å². The first-order chi connectivity index (χ1) is 15.7. The van der Waals surface area contributed by atoms with Crippen molar-refractivity contribution < 1.29 is 0 Å². The minimum Gasteiger partial charge on any atom is -0.208 e. The highest BCUT2D eigenvalue weighted by atomic mass is 79.9. The molecular formula is C28H20BrN3. The molecule has 0 saturated heterocycles. The van der Waals surface area contributed by atoms with Gasteiger partial charge in [-0.2, -0.15) is 0 Å². The lowest BCUT2D eigenvalue weighted by atomic mass is 10.0. The van der Waals surface area contributed by atoms with Gasteiger partial charge >= 0.3 is 0 Å². The molecule has 0 aliphatic rings. The molecule has 4 heteroatoms. The van der Waals surface area contributed by atoms with Gasteiger partial charge in [-0.25, -0.2) is 15.0 Å². The largest absolute Gasteiger partial charge is 0.208 e. The van der Waals surface area contributed by atoms with Crippen LogP contribution in [0.5, 0.6) is 0 Å². The second kappa shape index (κ2) is 8.85. The van der Waals surface area contributed by atoms with Gasteiger partial charge in [0.25, 0.3) is 0 Å². The fourth-order valence-electron chi connectivity index (χ4n) is 3.57. The van der Waals surface area contributed by atoms with E-state index in [-0.39, 0.29) is 0 Å². The van der Waals surface area contributed by atoms with E-state index in [1.54, 1.807) is 0 Å². The summed E-state index contributed by atoms with van der Waals surface area (Å²) < 4.78 is 1.12. The van der Waals surface area contributed by atoms with Gasteiger partial charge in [0.1, 0.15) is 0 Å². The molecule has 0 N–H and O–H groups in total. The Labute approximate surface area is 196 Å². The summed E-state index contributed by atoms with van der Waals surface area (Å²) in [5.41, 5.74) is 6.45. The summed E-state index contributed by atoms with van der Waals surface area (Å²) in [6, 6.07) is 34.8. The molecule has 0 saturated carbocycles. The summed E-state index contributed by atoms with van der Waals surface area (Å²) >= 11 is 3.57. The van der Waals surface area contributed by atoms with Crippen LogP contribution < -0.4 is 0 Å². The van der Waals surface area contributed by atoms with Crippen LogP contribution in [0, 0.1) is 6.92 Å². The first kappa shape index (κ1) is 20.3. The SMILES string of the molecule is Cc1cc(-c2ccc(-c3nc(-c4ccccc4)nc(-c4ccccc4)n3)cc2)ccc1Br. The van der Waals surface area contributed by atoms with Crippen LogP contribution in [-0.2, 0) is 0 Å². The van der Waals surface area contributed by atoms with Gasteiger partial charge in [-0.1, -0.05) is 113 Å². The molecule has 0 amide bonds. The topological polar surface area (TPSA) is 38.7 Å². The Hall–Kier alpha value is -3.63. The van der Waals surface area contributed by atoms with Gasteiger partial charge in [0.15, 0.2) is 17.5 Å². The number of aryl methyl sites for hydroxylation is 1. The van der Waals surface area contributed by atoms with Crippen molar-refractivity contribution in [1.29, 1.82) is 0 Å². The van der Waals surface area contributed by atoms with Gasteiger partial charge in [0.05, 0.1) is 0 Å². The fraction of sp³-hybridized carbons (Fsp3) is 0.0357. The summed E-state index contributed by atoms with van der Waals surface area (Å²) in [4.78, 5) is 14.4. The molecule has 154 valence electrons. The van der Waals surface area contributed by atoms with Gasteiger partial charge in [-0.3, -0.25) is 0 Å². The number of halogens is 1. The molecule has 4 aromatic carbocycles. The van der Waals surface area contributed by atoms with E-state index in [0.717, 1.165) is 26.7 Å². The van der Waals surface area contributed by atoms with E-state index in [1.165, 1.54) is 11.1 Å². The minimum absolute atomic E-state index is 0.663. The number of hydrogen-bond acceptors (Lipinski definition) is 3. The van der Waals surface area contributed by atoms with Gasteiger partial charge in [-0.05, 0) is 29.7 Å². The monoisotopic (exact) mass is 477 g/mol. The second-order valence-corrected chi connectivity index (χ2v) is 8.43. The molecule has 5 aromatic rings. The normalized spacial score (nSPS) is 10.8. The van der Waals surface area contributed by atoms with Gasteiger partial charge in [-0.15, -0.1) is 0 Å². The summed E-state index contributed by atoms with van der Waals surface area (Å²) in [5.74, 6) is 2.00. The Balaban J connectivity index is 1.58. The molecule has 3 nitrogen and oxygen atoms in total. The molecule has 1 aromatic heterocycles. The highest BCUT2D eigenvalue weighted by Gasteiger charge is 2.12.